The van der Waals surface area contributed by atoms with Gasteiger partial charge in [-0.1, -0.05) is 0 Å². The topological polar surface area (TPSA) is 3.24 Å². The standard InChI is InChI=1S/I3N.Pt/c1-4(2)3;. The number of halogens is 3. The monoisotopic (exact) mass is 590 g/mol. The minimum Gasteiger partial charge on any atom is -0.126 e. The van der Waals surface area contributed by atoms with E-state index in [9.17, 15) is 0 Å². The first-order chi connectivity index (χ1) is 1.73. The van der Waals surface area contributed by atoms with Gasteiger partial charge in [-0.25, -0.2) is 0 Å². The van der Waals surface area contributed by atoms with Gasteiger partial charge in [0.25, 0.3) is 0 Å². The zero-order valence-electron chi connectivity index (χ0n) is 1.90. The minimum absolute atomic E-state index is 0. The van der Waals surface area contributed by atoms with Gasteiger partial charge in [-0.2, -0.15) is 0 Å². The zero-order valence-corrected chi connectivity index (χ0v) is 10.6. The molecular formula is I3NPt. The second kappa shape index (κ2) is 6.84. The van der Waals surface area contributed by atoms with Crippen molar-refractivity contribution >= 4 is 68.6 Å². The fraction of sp³-hybridized carbons (Fsp3) is 0. The van der Waals surface area contributed by atoms with E-state index >= 15 is 0 Å². The van der Waals surface area contributed by atoms with Gasteiger partial charge in [0.15, 0.2) is 0 Å². The molecule has 0 aliphatic heterocycles. The Morgan fingerprint density at radius 1 is 1.00 bits per heavy atom. The molecule has 0 aromatic rings. The molecule has 1 nitrogen and oxygen atoms in total. The summed E-state index contributed by atoms with van der Waals surface area (Å²) in [4.78, 5) is 0. The molecule has 0 saturated heterocycles. The molecule has 0 aromatic heterocycles. The molecule has 0 bridgehead atoms. The first-order valence-corrected chi connectivity index (χ1v) is 3.40. The summed E-state index contributed by atoms with van der Waals surface area (Å²) in [5.41, 5.74) is 0. The Labute approximate surface area is 87.4 Å². The molecule has 0 aliphatic rings. The smallest absolute Gasteiger partial charge is 0.0420 e. The van der Waals surface area contributed by atoms with Crippen LogP contribution in [0.25, 0.3) is 0 Å². The molecule has 36 valence electrons. The number of nitrogens with zero attached hydrogens (tertiary/aromatic N) is 1. The van der Waals surface area contributed by atoms with Crippen LogP contribution in [0.1, 0.15) is 0 Å². The van der Waals surface area contributed by atoms with Crippen LogP contribution in [0.2, 0.25) is 0 Å². The molecule has 0 spiro atoms. The van der Waals surface area contributed by atoms with Gasteiger partial charge >= 0.3 is 0 Å². The molecule has 0 unspecified atom stereocenters. The molecule has 0 rings (SSSR count). The third-order valence-electron chi connectivity index (χ3n) is 0. The second-order valence-electron chi connectivity index (χ2n) is 0.192. The first kappa shape index (κ1) is 10.8. The molecule has 5 heavy (non-hydrogen) atoms. The summed E-state index contributed by atoms with van der Waals surface area (Å²) in [5, 5.41) is 0. The molecular weight excluding hydrogens is 590 g/mol. The predicted octanol–water partition coefficient (Wildman–Crippen LogP) is 2.34. The minimum atomic E-state index is 0. The summed E-state index contributed by atoms with van der Waals surface area (Å²) in [7, 11) is 0. The quantitative estimate of drug-likeness (QED) is 0.310. The van der Waals surface area contributed by atoms with E-state index in [0.29, 0.717) is 0 Å². The van der Waals surface area contributed by atoms with Crippen LogP contribution in [0.15, 0.2) is 0 Å². The van der Waals surface area contributed by atoms with E-state index in [0.717, 1.165) is 0 Å². The Kier molecular flexibility index (Phi) is 14.7. The molecule has 0 aromatic carbocycles. The van der Waals surface area contributed by atoms with Gasteiger partial charge in [0.05, 0.1) is 0 Å². The molecule has 0 fully saturated rings. The van der Waals surface area contributed by atoms with Gasteiger partial charge in [0.1, 0.15) is 0 Å². The number of rotatable bonds is 0. The SMILES string of the molecule is IN(I)I.[Pt]. The van der Waals surface area contributed by atoms with Crippen molar-refractivity contribution in [2.45, 2.75) is 0 Å². The van der Waals surface area contributed by atoms with E-state index in [4.69, 9.17) is 0 Å². The molecule has 0 radical (unpaired) electrons. The Bertz CT molecular complexity index is 11.6. The average Bonchev–Trinajstić information content (AvgIpc) is 0.811. The third-order valence-corrected chi connectivity index (χ3v) is 0. The summed E-state index contributed by atoms with van der Waals surface area (Å²) in [6.07, 6.45) is 0. The predicted molar refractivity (Wildman–Crippen MR) is 43.9 cm³/mol. The van der Waals surface area contributed by atoms with Crippen LogP contribution in [-0.4, -0.2) is -0.460 Å². The molecule has 0 aliphatic carbocycles. The van der Waals surface area contributed by atoms with Crippen LogP contribution in [0, 0.1) is 0 Å². The summed E-state index contributed by atoms with van der Waals surface area (Å²) in [5.74, 6) is 0. The van der Waals surface area contributed by atoms with Crippen molar-refractivity contribution in [1.29, 1.82) is 0 Å². The number of hydrogen-bond acceptors (Lipinski definition) is 1. The van der Waals surface area contributed by atoms with Crippen LogP contribution in [0.5, 0.6) is 0 Å². The maximum Gasteiger partial charge on any atom is 0.0420 e. The van der Waals surface area contributed by atoms with Crippen LogP contribution < -0.4 is 0 Å². The average molecular weight is 590 g/mol. The molecule has 0 amide bonds. The maximum absolute atomic E-state index is 2.15. The van der Waals surface area contributed by atoms with Gasteiger partial charge in [0.2, 0.25) is 0 Å². The van der Waals surface area contributed by atoms with Crippen molar-refractivity contribution in [3.05, 3.63) is 0 Å². The van der Waals surface area contributed by atoms with Crippen molar-refractivity contribution in [1.82, 2.24) is -0.460 Å². The first-order valence-electron chi connectivity index (χ1n) is 0.507. The van der Waals surface area contributed by atoms with E-state index in [1.54, 1.807) is 0 Å². The molecule has 0 atom stereocenters. The van der Waals surface area contributed by atoms with Crippen LogP contribution >= 0.6 is 68.6 Å². The van der Waals surface area contributed by atoms with E-state index in [1.165, 1.54) is 0 Å². The Balaban J connectivity index is 0. The molecule has 0 heterocycles. The van der Waals surface area contributed by atoms with Gasteiger partial charge in [-0.3, -0.25) is 0 Å². The van der Waals surface area contributed by atoms with E-state index in [2.05, 4.69) is 68.6 Å². The fourth-order valence-electron chi connectivity index (χ4n) is 0. The zero-order chi connectivity index (χ0) is 3.58. The van der Waals surface area contributed by atoms with Crippen LogP contribution in [0.4, 0.5) is 0 Å². The van der Waals surface area contributed by atoms with Crippen molar-refractivity contribution < 1.29 is 21.1 Å². The van der Waals surface area contributed by atoms with Crippen molar-refractivity contribution in [3.63, 3.8) is 0 Å². The van der Waals surface area contributed by atoms with Gasteiger partial charge < -0.3 is 0 Å². The number of hydrogen-bond donors (Lipinski definition) is 0. The molecule has 0 N–H and O–H groups in total. The van der Waals surface area contributed by atoms with Crippen molar-refractivity contribution in [2.24, 2.45) is 0 Å². The fourth-order valence-corrected chi connectivity index (χ4v) is 0. The Morgan fingerprint density at radius 3 is 1.00 bits per heavy atom. The molecule has 5 heteroatoms. The van der Waals surface area contributed by atoms with Crippen molar-refractivity contribution in [2.75, 3.05) is 0 Å². The van der Waals surface area contributed by atoms with Crippen LogP contribution in [0.3, 0.4) is 0 Å². The summed E-state index contributed by atoms with van der Waals surface area (Å²) < 4.78 is 1.91. The van der Waals surface area contributed by atoms with E-state index in [1.807, 2.05) is -0.460 Å². The largest absolute Gasteiger partial charge is 0.126 e. The van der Waals surface area contributed by atoms with Gasteiger partial charge in [0, 0.05) is 89.7 Å². The Morgan fingerprint density at radius 2 is 1.00 bits per heavy atom. The van der Waals surface area contributed by atoms with Gasteiger partial charge in [-0.05, 0) is 0 Å². The van der Waals surface area contributed by atoms with Gasteiger partial charge in [-0.15, -0.1) is -0.460 Å². The molecule has 0 saturated carbocycles. The third kappa shape index (κ3) is 19.9. The van der Waals surface area contributed by atoms with Crippen LogP contribution in [-0.2, 0) is 21.1 Å². The summed E-state index contributed by atoms with van der Waals surface area (Å²) in [6.45, 7) is 0. The van der Waals surface area contributed by atoms with E-state index in [-0.39, 0.29) is 21.1 Å². The summed E-state index contributed by atoms with van der Waals surface area (Å²) in [6, 6.07) is 0. The Hall–Kier alpha value is 2.84. The second-order valence-corrected chi connectivity index (χ2v) is 8.62. The summed E-state index contributed by atoms with van der Waals surface area (Å²) >= 11 is 6.45. The normalized spacial score (nSPS) is 7.20. The van der Waals surface area contributed by atoms with E-state index < -0.39 is 0 Å². The maximum atomic E-state index is 2.15. The van der Waals surface area contributed by atoms with Crippen molar-refractivity contribution in [3.8, 4) is 0 Å².